The largest absolute Gasteiger partial charge is 0.416 e. The molecule has 0 aliphatic heterocycles. The maximum absolute atomic E-state index is 12.8. The molecular formula is C23H16F3N3O3S. The van der Waals surface area contributed by atoms with Crippen molar-refractivity contribution in [2.45, 2.75) is 11.1 Å². The maximum Gasteiger partial charge on any atom is 0.416 e. The van der Waals surface area contributed by atoms with Gasteiger partial charge in [-0.1, -0.05) is 24.3 Å². The molecule has 0 atom stereocenters. The zero-order valence-corrected chi connectivity index (χ0v) is 17.6. The summed E-state index contributed by atoms with van der Waals surface area (Å²) in [6.07, 6.45) is -1.90. The molecule has 3 aromatic carbocycles. The summed E-state index contributed by atoms with van der Waals surface area (Å²) in [4.78, 5) is 11.9. The second-order valence-electron chi connectivity index (χ2n) is 6.77. The van der Waals surface area contributed by atoms with Crippen LogP contribution in [0.15, 0.2) is 83.8 Å². The van der Waals surface area contributed by atoms with Gasteiger partial charge in [-0.25, -0.2) is 8.42 Å². The number of hydrogen-bond acceptors (Lipinski definition) is 4. The van der Waals surface area contributed by atoms with Crippen molar-refractivity contribution in [2.75, 3.05) is 10.0 Å². The highest BCUT2D eigenvalue weighted by molar-refractivity contribution is 7.92. The zero-order chi connectivity index (χ0) is 24.1. The van der Waals surface area contributed by atoms with Crippen molar-refractivity contribution >= 4 is 33.4 Å². The number of anilines is 2. The molecule has 0 unspecified atom stereocenters. The Morgan fingerprint density at radius 2 is 1.61 bits per heavy atom. The van der Waals surface area contributed by atoms with E-state index in [1.807, 2.05) is 6.07 Å². The lowest BCUT2D eigenvalue weighted by molar-refractivity contribution is -0.137. The molecule has 6 nitrogen and oxygen atoms in total. The summed E-state index contributed by atoms with van der Waals surface area (Å²) < 4.78 is 65.6. The van der Waals surface area contributed by atoms with Gasteiger partial charge < -0.3 is 5.32 Å². The van der Waals surface area contributed by atoms with Crippen LogP contribution < -0.4 is 10.0 Å². The third kappa shape index (κ3) is 6.44. The van der Waals surface area contributed by atoms with Crippen LogP contribution in [0.25, 0.3) is 6.08 Å². The number of benzene rings is 3. The lowest BCUT2D eigenvalue weighted by Gasteiger charge is -2.11. The number of carbonyl (C=O) groups is 1. The number of hydrogen-bond donors (Lipinski definition) is 2. The van der Waals surface area contributed by atoms with Crippen LogP contribution in [0.4, 0.5) is 24.5 Å². The molecule has 0 bridgehead atoms. The van der Waals surface area contributed by atoms with Crippen molar-refractivity contribution in [1.29, 1.82) is 5.26 Å². The van der Waals surface area contributed by atoms with Crippen LogP contribution in [0.3, 0.4) is 0 Å². The smallest absolute Gasteiger partial charge is 0.322 e. The van der Waals surface area contributed by atoms with Gasteiger partial charge in [0.05, 0.1) is 22.1 Å². The predicted molar refractivity (Wildman–Crippen MR) is 118 cm³/mol. The van der Waals surface area contributed by atoms with Gasteiger partial charge in [-0.3, -0.25) is 9.52 Å². The minimum absolute atomic E-state index is 0.158. The van der Waals surface area contributed by atoms with Gasteiger partial charge >= 0.3 is 6.18 Å². The van der Waals surface area contributed by atoms with Crippen LogP contribution in [0.1, 0.15) is 16.7 Å². The molecule has 0 heterocycles. The highest BCUT2D eigenvalue weighted by Crippen LogP contribution is 2.31. The summed E-state index contributed by atoms with van der Waals surface area (Å²) in [5, 5.41) is 11.5. The van der Waals surface area contributed by atoms with Crippen LogP contribution in [0, 0.1) is 11.3 Å². The van der Waals surface area contributed by atoms with Gasteiger partial charge in [-0.05, 0) is 60.2 Å². The topological polar surface area (TPSA) is 99.1 Å². The lowest BCUT2D eigenvalue weighted by Crippen LogP contribution is -2.14. The first kappa shape index (κ1) is 23.6. The first-order chi connectivity index (χ1) is 15.6. The number of nitriles is 1. The molecule has 3 aromatic rings. The molecule has 0 aliphatic rings. The van der Waals surface area contributed by atoms with Crippen LogP contribution in [-0.4, -0.2) is 14.3 Å². The van der Waals surface area contributed by atoms with Crippen molar-refractivity contribution in [3.63, 3.8) is 0 Å². The molecule has 0 aromatic heterocycles. The van der Waals surface area contributed by atoms with Gasteiger partial charge in [0.25, 0.3) is 10.0 Å². The minimum atomic E-state index is -4.60. The Bertz CT molecular complexity index is 1340. The van der Waals surface area contributed by atoms with E-state index in [0.29, 0.717) is 22.9 Å². The second-order valence-corrected chi connectivity index (χ2v) is 8.45. The molecule has 2 N–H and O–H groups in total. The Morgan fingerprint density at radius 3 is 2.27 bits per heavy atom. The Labute approximate surface area is 188 Å². The first-order valence-electron chi connectivity index (χ1n) is 9.36. The van der Waals surface area contributed by atoms with E-state index in [4.69, 9.17) is 5.26 Å². The third-order valence-electron chi connectivity index (χ3n) is 4.32. The number of alkyl halides is 3. The first-order valence-corrected chi connectivity index (χ1v) is 10.8. The third-order valence-corrected chi connectivity index (χ3v) is 5.72. The summed E-state index contributed by atoms with van der Waals surface area (Å²) in [6.45, 7) is 0. The molecule has 0 fully saturated rings. The van der Waals surface area contributed by atoms with E-state index in [1.165, 1.54) is 48.6 Å². The lowest BCUT2D eigenvalue weighted by atomic mass is 10.2. The highest BCUT2D eigenvalue weighted by atomic mass is 32.2. The average molecular weight is 471 g/mol. The van der Waals surface area contributed by atoms with Gasteiger partial charge in [-0.15, -0.1) is 0 Å². The molecule has 0 aliphatic carbocycles. The van der Waals surface area contributed by atoms with E-state index in [2.05, 4.69) is 10.0 Å². The summed E-state index contributed by atoms with van der Waals surface area (Å²) in [7, 11) is -4.12. The number of sulfonamides is 1. The number of amides is 1. The van der Waals surface area contributed by atoms with Crippen LogP contribution in [0.2, 0.25) is 0 Å². The normalized spacial score (nSPS) is 11.7. The van der Waals surface area contributed by atoms with Gasteiger partial charge in [0.15, 0.2) is 0 Å². The van der Waals surface area contributed by atoms with Crippen LogP contribution >= 0.6 is 0 Å². The number of carbonyl (C=O) groups excluding carboxylic acids is 1. The Hall–Kier alpha value is -4.10. The van der Waals surface area contributed by atoms with E-state index < -0.39 is 27.7 Å². The van der Waals surface area contributed by atoms with Gasteiger partial charge in [0, 0.05) is 17.5 Å². The van der Waals surface area contributed by atoms with Crippen LogP contribution in [0.5, 0.6) is 0 Å². The van der Waals surface area contributed by atoms with Crippen LogP contribution in [-0.2, 0) is 21.0 Å². The van der Waals surface area contributed by atoms with E-state index in [-0.39, 0.29) is 10.6 Å². The quantitative estimate of drug-likeness (QED) is 0.493. The molecule has 168 valence electrons. The monoisotopic (exact) mass is 471 g/mol. The molecule has 0 spiro atoms. The van der Waals surface area contributed by atoms with Crippen molar-refractivity contribution in [2.24, 2.45) is 0 Å². The van der Waals surface area contributed by atoms with Crippen molar-refractivity contribution in [3.8, 4) is 6.07 Å². The molecule has 10 heteroatoms. The van der Waals surface area contributed by atoms with Gasteiger partial charge in [0.1, 0.15) is 0 Å². The molecular weight excluding hydrogens is 455 g/mol. The average Bonchev–Trinajstić information content (AvgIpc) is 2.77. The summed E-state index contributed by atoms with van der Waals surface area (Å²) in [5.41, 5.74) is 0.179. The molecule has 3 rings (SSSR count). The molecule has 0 saturated carbocycles. The van der Waals surface area contributed by atoms with Crippen molar-refractivity contribution < 1.29 is 26.4 Å². The number of nitrogens with one attached hydrogen (secondary N) is 2. The Balaban J connectivity index is 1.67. The van der Waals surface area contributed by atoms with E-state index in [0.717, 1.165) is 12.1 Å². The van der Waals surface area contributed by atoms with E-state index >= 15 is 0 Å². The number of nitrogens with zero attached hydrogens (tertiary/aromatic N) is 1. The maximum atomic E-state index is 12.8. The predicted octanol–water partition coefficient (Wildman–Crippen LogP) is 5.03. The SMILES string of the molecule is N#Cc1cccc(NC(=O)C=Cc2ccc(S(=O)(=O)Nc3cccc(C(F)(F)F)c3)cc2)c1. The fourth-order valence-electron chi connectivity index (χ4n) is 2.75. The zero-order valence-electron chi connectivity index (χ0n) is 16.8. The summed E-state index contributed by atoms with van der Waals surface area (Å²) in [5.74, 6) is -0.451. The van der Waals surface area contributed by atoms with Crippen molar-refractivity contribution in [1.82, 2.24) is 0 Å². The summed E-state index contributed by atoms with van der Waals surface area (Å²) >= 11 is 0. The number of rotatable bonds is 6. The Kier molecular flexibility index (Phi) is 6.84. The van der Waals surface area contributed by atoms with Gasteiger partial charge in [0.2, 0.25) is 5.91 Å². The molecule has 0 saturated heterocycles. The van der Waals surface area contributed by atoms with E-state index in [1.54, 1.807) is 18.2 Å². The standard InChI is InChI=1S/C23H16F3N3O3S/c24-23(25,26)18-4-2-6-20(14-18)29-33(31,32)21-10-7-16(8-11-21)9-12-22(30)28-19-5-1-3-17(13-19)15-27/h1-14,29H,(H,28,30). The highest BCUT2D eigenvalue weighted by Gasteiger charge is 2.30. The van der Waals surface area contributed by atoms with Gasteiger partial charge in [-0.2, -0.15) is 18.4 Å². The second kappa shape index (κ2) is 9.58. The van der Waals surface area contributed by atoms with Crippen molar-refractivity contribution in [3.05, 3.63) is 95.6 Å². The van der Waals surface area contributed by atoms with E-state index in [9.17, 15) is 26.4 Å². The fraction of sp³-hybridized carbons (Fsp3) is 0.0435. The molecule has 1 amide bonds. The fourth-order valence-corrected chi connectivity index (χ4v) is 3.80. The molecule has 0 radical (unpaired) electrons. The Morgan fingerprint density at radius 1 is 0.939 bits per heavy atom. The molecule has 33 heavy (non-hydrogen) atoms. The number of halogens is 3. The minimum Gasteiger partial charge on any atom is -0.322 e. The summed E-state index contributed by atoms with van der Waals surface area (Å²) in [6, 6.07) is 17.6.